The second kappa shape index (κ2) is 15.2. The van der Waals surface area contributed by atoms with E-state index in [-0.39, 0.29) is 6.61 Å². The standard InChI is InChI=1S/C23H44O3/c1-18(2)10-7-11-19(3)12-8-13-20(4)14-9-15-21(5)16-17-26-23(25)22(6)24/h16,18-20,22,24H,7-15,17H2,1-6H3/b21-16+/t19-,20-,22?/m1/s1. The zero-order chi connectivity index (χ0) is 19.9. The van der Waals surface area contributed by atoms with Crippen LogP contribution >= 0.6 is 0 Å². The van der Waals surface area contributed by atoms with Crippen molar-refractivity contribution in [3.05, 3.63) is 11.6 Å². The van der Waals surface area contributed by atoms with Gasteiger partial charge in [-0.1, -0.05) is 78.2 Å². The van der Waals surface area contributed by atoms with E-state index in [1.807, 2.05) is 6.08 Å². The Morgan fingerprint density at radius 2 is 1.38 bits per heavy atom. The lowest BCUT2D eigenvalue weighted by molar-refractivity contribution is -0.151. The van der Waals surface area contributed by atoms with E-state index in [0.29, 0.717) is 0 Å². The van der Waals surface area contributed by atoms with Gasteiger partial charge < -0.3 is 9.84 Å². The SMILES string of the molecule is C/C(=C\COC(=O)C(C)O)CCC[C@H](C)CCC[C@H](C)CCCC(C)C. The van der Waals surface area contributed by atoms with Crippen molar-refractivity contribution >= 4 is 5.97 Å². The van der Waals surface area contributed by atoms with Gasteiger partial charge in [0.25, 0.3) is 0 Å². The molecule has 0 saturated carbocycles. The summed E-state index contributed by atoms with van der Waals surface area (Å²) in [6, 6.07) is 0. The molecule has 0 aromatic carbocycles. The molecule has 0 spiro atoms. The second-order valence-corrected chi connectivity index (χ2v) is 8.71. The van der Waals surface area contributed by atoms with Gasteiger partial charge >= 0.3 is 5.97 Å². The van der Waals surface area contributed by atoms with Gasteiger partial charge in [0.2, 0.25) is 0 Å². The Kier molecular flexibility index (Phi) is 14.8. The topological polar surface area (TPSA) is 46.5 Å². The van der Waals surface area contributed by atoms with Crippen LogP contribution in [0.5, 0.6) is 0 Å². The summed E-state index contributed by atoms with van der Waals surface area (Å²) < 4.78 is 4.95. The van der Waals surface area contributed by atoms with Gasteiger partial charge in [-0.2, -0.15) is 0 Å². The molecule has 0 aliphatic carbocycles. The first kappa shape index (κ1) is 25.2. The van der Waals surface area contributed by atoms with Crippen molar-refractivity contribution in [2.75, 3.05) is 6.61 Å². The summed E-state index contributed by atoms with van der Waals surface area (Å²) in [5.41, 5.74) is 1.26. The molecular formula is C23H44O3. The summed E-state index contributed by atoms with van der Waals surface area (Å²) in [4.78, 5) is 11.2. The number of rotatable bonds is 15. The molecular weight excluding hydrogens is 324 g/mol. The Morgan fingerprint density at radius 1 is 0.885 bits per heavy atom. The van der Waals surface area contributed by atoms with Crippen molar-refractivity contribution in [2.24, 2.45) is 17.8 Å². The van der Waals surface area contributed by atoms with Gasteiger partial charge in [0, 0.05) is 0 Å². The van der Waals surface area contributed by atoms with E-state index >= 15 is 0 Å². The van der Waals surface area contributed by atoms with Crippen molar-refractivity contribution in [1.82, 2.24) is 0 Å². The Bertz CT molecular complexity index is 385. The van der Waals surface area contributed by atoms with Crippen LogP contribution < -0.4 is 0 Å². The number of aliphatic hydroxyl groups excluding tert-OH is 1. The first-order valence-electron chi connectivity index (χ1n) is 10.7. The maximum absolute atomic E-state index is 11.2. The Morgan fingerprint density at radius 3 is 1.88 bits per heavy atom. The van der Waals surface area contributed by atoms with Gasteiger partial charge in [-0.25, -0.2) is 4.79 Å². The molecule has 0 aliphatic rings. The van der Waals surface area contributed by atoms with E-state index in [1.54, 1.807) is 0 Å². The Hall–Kier alpha value is -0.830. The number of carbonyl (C=O) groups is 1. The van der Waals surface area contributed by atoms with E-state index in [0.717, 1.165) is 24.2 Å². The fourth-order valence-corrected chi connectivity index (χ4v) is 3.20. The predicted molar refractivity (Wildman–Crippen MR) is 111 cm³/mol. The normalized spacial score (nSPS) is 15.8. The largest absolute Gasteiger partial charge is 0.460 e. The molecule has 154 valence electrons. The summed E-state index contributed by atoms with van der Waals surface area (Å²) >= 11 is 0. The van der Waals surface area contributed by atoms with Gasteiger partial charge in [-0.05, 0) is 50.5 Å². The highest BCUT2D eigenvalue weighted by atomic mass is 16.5. The maximum Gasteiger partial charge on any atom is 0.334 e. The number of hydrogen-bond donors (Lipinski definition) is 1. The quantitative estimate of drug-likeness (QED) is 0.273. The first-order chi connectivity index (χ1) is 12.2. The number of esters is 1. The highest BCUT2D eigenvalue weighted by molar-refractivity contribution is 5.73. The molecule has 3 nitrogen and oxygen atoms in total. The van der Waals surface area contributed by atoms with Crippen LogP contribution in [0.3, 0.4) is 0 Å². The van der Waals surface area contributed by atoms with E-state index in [1.165, 1.54) is 63.9 Å². The lowest BCUT2D eigenvalue weighted by atomic mass is 9.91. The molecule has 0 heterocycles. The number of hydrogen-bond acceptors (Lipinski definition) is 3. The fourth-order valence-electron chi connectivity index (χ4n) is 3.20. The average Bonchev–Trinajstić information content (AvgIpc) is 2.54. The van der Waals surface area contributed by atoms with Crippen molar-refractivity contribution in [1.29, 1.82) is 0 Å². The second-order valence-electron chi connectivity index (χ2n) is 8.71. The molecule has 0 amide bonds. The van der Waals surface area contributed by atoms with Gasteiger partial charge in [-0.3, -0.25) is 0 Å². The van der Waals surface area contributed by atoms with Crippen LogP contribution in [0.4, 0.5) is 0 Å². The molecule has 0 fully saturated rings. The monoisotopic (exact) mass is 368 g/mol. The molecule has 0 bridgehead atoms. The minimum atomic E-state index is -1.04. The van der Waals surface area contributed by atoms with Crippen LogP contribution in [0.1, 0.15) is 99.3 Å². The highest BCUT2D eigenvalue weighted by Crippen LogP contribution is 2.22. The molecule has 26 heavy (non-hydrogen) atoms. The van der Waals surface area contributed by atoms with Crippen LogP contribution in [0.15, 0.2) is 11.6 Å². The van der Waals surface area contributed by atoms with Crippen molar-refractivity contribution in [2.45, 2.75) is 105 Å². The van der Waals surface area contributed by atoms with Gasteiger partial charge in [0.1, 0.15) is 12.7 Å². The summed E-state index contributed by atoms with van der Waals surface area (Å²) in [7, 11) is 0. The molecule has 3 heteroatoms. The lowest BCUT2D eigenvalue weighted by Gasteiger charge is -2.15. The lowest BCUT2D eigenvalue weighted by Crippen LogP contribution is -2.19. The van der Waals surface area contributed by atoms with Crippen LogP contribution in [0.2, 0.25) is 0 Å². The third-order valence-electron chi connectivity index (χ3n) is 5.14. The Balaban J connectivity index is 3.69. The maximum atomic E-state index is 11.2. The van der Waals surface area contributed by atoms with Crippen LogP contribution in [0.25, 0.3) is 0 Å². The number of aliphatic hydroxyl groups is 1. The predicted octanol–water partition coefficient (Wildman–Crippen LogP) is 6.30. The summed E-state index contributed by atoms with van der Waals surface area (Å²) in [6.45, 7) is 13.2. The number of ether oxygens (including phenoxy) is 1. The molecule has 0 aromatic rings. The van der Waals surface area contributed by atoms with Gasteiger partial charge in [0.05, 0.1) is 0 Å². The zero-order valence-electron chi connectivity index (χ0n) is 18.2. The molecule has 0 aliphatic heterocycles. The van der Waals surface area contributed by atoms with Crippen LogP contribution in [-0.2, 0) is 9.53 Å². The average molecular weight is 369 g/mol. The van der Waals surface area contributed by atoms with E-state index in [2.05, 4.69) is 34.6 Å². The Labute approximate surface area is 162 Å². The molecule has 0 rings (SSSR count). The third kappa shape index (κ3) is 15.4. The molecule has 0 radical (unpaired) electrons. The van der Waals surface area contributed by atoms with Gasteiger partial charge in [0.15, 0.2) is 0 Å². The number of carbonyl (C=O) groups excluding carboxylic acids is 1. The van der Waals surface area contributed by atoms with E-state index in [4.69, 9.17) is 9.84 Å². The minimum absolute atomic E-state index is 0.264. The smallest absolute Gasteiger partial charge is 0.334 e. The van der Waals surface area contributed by atoms with Crippen molar-refractivity contribution < 1.29 is 14.6 Å². The summed E-state index contributed by atoms with van der Waals surface area (Å²) in [6.07, 6.45) is 12.6. The molecule has 0 aromatic heterocycles. The van der Waals surface area contributed by atoms with E-state index < -0.39 is 12.1 Å². The molecule has 3 atom stereocenters. The fraction of sp³-hybridized carbons (Fsp3) is 0.870. The minimum Gasteiger partial charge on any atom is -0.460 e. The first-order valence-corrected chi connectivity index (χ1v) is 10.7. The van der Waals surface area contributed by atoms with Crippen LogP contribution in [-0.4, -0.2) is 23.8 Å². The van der Waals surface area contributed by atoms with E-state index in [9.17, 15) is 4.79 Å². The molecule has 1 N–H and O–H groups in total. The summed E-state index contributed by atoms with van der Waals surface area (Å²) in [5, 5.41) is 9.06. The van der Waals surface area contributed by atoms with Crippen LogP contribution in [0, 0.1) is 17.8 Å². The number of allylic oxidation sites excluding steroid dienone is 1. The highest BCUT2D eigenvalue weighted by Gasteiger charge is 2.09. The van der Waals surface area contributed by atoms with Gasteiger partial charge in [-0.15, -0.1) is 0 Å². The molecule has 1 unspecified atom stereocenters. The third-order valence-corrected chi connectivity index (χ3v) is 5.14. The van der Waals surface area contributed by atoms with Crippen molar-refractivity contribution in [3.8, 4) is 0 Å². The summed E-state index contributed by atoms with van der Waals surface area (Å²) in [5.74, 6) is 1.94. The zero-order valence-corrected chi connectivity index (χ0v) is 18.2. The molecule has 0 saturated heterocycles. The van der Waals surface area contributed by atoms with Crippen molar-refractivity contribution in [3.63, 3.8) is 0 Å².